The summed E-state index contributed by atoms with van der Waals surface area (Å²) in [5.74, 6) is -0.679. The fraction of sp³-hybridized carbons (Fsp3) is 0.857. The van der Waals surface area contributed by atoms with Gasteiger partial charge in [0.15, 0.2) is 0 Å². The van der Waals surface area contributed by atoms with E-state index in [2.05, 4.69) is 4.74 Å². The van der Waals surface area contributed by atoms with Crippen molar-refractivity contribution in [2.45, 2.75) is 31.7 Å². The normalized spacial score (nSPS) is 19.4. The molecule has 0 aromatic carbocycles. The van der Waals surface area contributed by atoms with Gasteiger partial charge in [0, 0.05) is 17.8 Å². The maximum atomic E-state index is 11.1. The Kier molecular flexibility index (Phi) is 2.30. The maximum Gasteiger partial charge on any atom is 0.384 e. The second-order valence-corrected chi connectivity index (χ2v) is 2.86. The Morgan fingerprint density at radius 1 is 1.67 bits per heavy atom. The predicted octanol–water partition coefficient (Wildman–Crippen LogP) is 0.749. The van der Waals surface area contributed by atoms with Crippen LogP contribution in [0.25, 0.3) is 0 Å². The zero-order valence-electron chi connectivity index (χ0n) is 6.91. The molecule has 68 valence electrons. The van der Waals surface area contributed by atoms with Gasteiger partial charge in [0.1, 0.15) is 0 Å². The van der Waals surface area contributed by atoms with Gasteiger partial charge in [-0.25, -0.2) is 4.79 Å². The summed E-state index contributed by atoms with van der Waals surface area (Å²) in [4.78, 5) is 21.1. The first-order valence-electron chi connectivity index (χ1n) is 3.95. The highest BCUT2D eigenvalue weighted by Gasteiger charge is 2.57. The molecule has 0 unspecified atom stereocenters. The van der Waals surface area contributed by atoms with Gasteiger partial charge in [-0.1, -0.05) is 0 Å². The number of nitro groups is 1. The van der Waals surface area contributed by atoms with Gasteiger partial charge in [0.25, 0.3) is 0 Å². The maximum absolute atomic E-state index is 11.1. The minimum absolute atomic E-state index is 0.203. The molecule has 0 bridgehead atoms. The van der Waals surface area contributed by atoms with E-state index in [-0.39, 0.29) is 6.61 Å². The molecule has 1 aliphatic rings. The van der Waals surface area contributed by atoms with Crippen molar-refractivity contribution in [1.29, 1.82) is 0 Å². The number of rotatable bonds is 3. The van der Waals surface area contributed by atoms with Gasteiger partial charge in [0.2, 0.25) is 0 Å². The molecule has 0 N–H and O–H groups in total. The van der Waals surface area contributed by atoms with E-state index in [1.807, 2.05) is 0 Å². The summed E-state index contributed by atoms with van der Waals surface area (Å²) in [5.41, 5.74) is -1.41. The topological polar surface area (TPSA) is 69.4 Å². The molecule has 1 fully saturated rings. The van der Waals surface area contributed by atoms with E-state index in [9.17, 15) is 14.9 Å². The fourth-order valence-corrected chi connectivity index (χ4v) is 1.24. The van der Waals surface area contributed by atoms with E-state index >= 15 is 0 Å². The molecule has 1 saturated carbocycles. The highest BCUT2D eigenvalue weighted by atomic mass is 16.6. The van der Waals surface area contributed by atoms with Gasteiger partial charge in [-0.3, -0.25) is 10.1 Å². The SMILES string of the molecule is CCOC(=O)C1([N+](=O)[O-])CCC1. The van der Waals surface area contributed by atoms with Crippen LogP contribution in [0.5, 0.6) is 0 Å². The summed E-state index contributed by atoms with van der Waals surface area (Å²) >= 11 is 0. The number of carbonyl (C=O) groups is 1. The van der Waals surface area contributed by atoms with E-state index in [0.717, 1.165) is 6.42 Å². The van der Waals surface area contributed by atoms with Crippen molar-refractivity contribution in [2.75, 3.05) is 6.61 Å². The Bertz CT molecular complexity index is 209. The molecule has 5 heteroatoms. The molecule has 0 radical (unpaired) electrons. The van der Waals surface area contributed by atoms with Crippen LogP contribution in [0.2, 0.25) is 0 Å². The Labute approximate surface area is 69.9 Å². The summed E-state index contributed by atoms with van der Waals surface area (Å²) in [6, 6.07) is 0. The molecule has 0 amide bonds. The summed E-state index contributed by atoms with van der Waals surface area (Å²) in [7, 11) is 0. The second-order valence-electron chi connectivity index (χ2n) is 2.86. The highest BCUT2D eigenvalue weighted by molar-refractivity contribution is 5.80. The molecule has 0 atom stereocenters. The molecule has 0 aromatic heterocycles. The number of hydrogen-bond donors (Lipinski definition) is 0. The van der Waals surface area contributed by atoms with Crippen LogP contribution in [0.4, 0.5) is 0 Å². The van der Waals surface area contributed by atoms with Gasteiger partial charge in [-0.2, -0.15) is 0 Å². The van der Waals surface area contributed by atoms with Crippen molar-refractivity contribution in [1.82, 2.24) is 0 Å². The number of nitrogens with zero attached hydrogens (tertiary/aromatic N) is 1. The quantitative estimate of drug-likeness (QED) is 0.358. The van der Waals surface area contributed by atoms with Gasteiger partial charge in [-0.15, -0.1) is 0 Å². The zero-order valence-corrected chi connectivity index (χ0v) is 6.91. The Morgan fingerprint density at radius 3 is 2.50 bits per heavy atom. The molecular formula is C7H11NO4. The van der Waals surface area contributed by atoms with E-state index in [4.69, 9.17) is 0 Å². The summed E-state index contributed by atoms with van der Waals surface area (Å²) in [5, 5.41) is 10.5. The number of ether oxygens (including phenoxy) is 1. The van der Waals surface area contributed by atoms with Crippen molar-refractivity contribution < 1.29 is 14.5 Å². The molecular weight excluding hydrogens is 162 g/mol. The average Bonchev–Trinajstić information content (AvgIpc) is 1.83. The lowest BCUT2D eigenvalue weighted by Gasteiger charge is -2.29. The van der Waals surface area contributed by atoms with Crippen molar-refractivity contribution in [3.63, 3.8) is 0 Å². The lowest BCUT2D eigenvalue weighted by molar-refractivity contribution is -0.570. The number of hydrogen-bond acceptors (Lipinski definition) is 4. The Hall–Kier alpha value is -1.13. The standard InChI is InChI=1S/C7H11NO4/c1-2-12-6(9)7(8(10)11)4-3-5-7/h2-5H2,1H3. The first-order chi connectivity index (χ1) is 5.63. The third kappa shape index (κ3) is 1.15. The predicted molar refractivity (Wildman–Crippen MR) is 40.2 cm³/mol. The van der Waals surface area contributed by atoms with Crippen LogP contribution in [0.15, 0.2) is 0 Å². The van der Waals surface area contributed by atoms with Crippen LogP contribution in [0.3, 0.4) is 0 Å². The lowest BCUT2D eigenvalue weighted by atomic mass is 9.77. The van der Waals surface area contributed by atoms with Crippen LogP contribution < -0.4 is 0 Å². The van der Waals surface area contributed by atoms with E-state index in [1.54, 1.807) is 6.92 Å². The Balaban J connectivity index is 2.67. The zero-order chi connectivity index (χ0) is 9.19. The van der Waals surface area contributed by atoms with Crippen molar-refractivity contribution in [3.05, 3.63) is 10.1 Å². The van der Waals surface area contributed by atoms with Gasteiger partial charge in [0.05, 0.1) is 6.61 Å². The average molecular weight is 173 g/mol. The Morgan fingerprint density at radius 2 is 2.25 bits per heavy atom. The molecule has 0 saturated heterocycles. The third-order valence-electron chi connectivity index (χ3n) is 2.19. The van der Waals surface area contributed by atoms with Crippen molar-refractivity contribution >= 4 is 5.97 Å². The molecule has 0 heterocycles. The minimum atomic E-state index is -1.41. The molecule has 12 heavy (non-hydrogen) atoms. The molecule has 5 nitrogen and oxygen atoms in total. The van der Waals surface area contributed by atoms with E-state index in [0.29, 0.717) is 12.8 Å². The smallest absolute Gasteiger partial charge is 0.384 e. The monoisotopic (exact) mass is 173 g/mol. The molecule has 1 aliphatic carbocycles. The van der Waals surface area contributed by atoms with Crippen LogP contribution in [-0.2, 0) is 9.53 Å². The number of carbonyl (C=O) groups excluding carboxylic acids is 1. The minimum Gasteiger partial charge on any atom is -0.461 e. The summed E-state index contributed by atoms with van der Waals surface area (Å²) in [6.45, 7) is 1.85. The molecule has 1 rings (SSSR count). The van der Waals surface area contributed by atoms with Crippen LogP contribution in [0.1, 0.15) is 26.2 Å². The van der Waals surface area contributed by atoms with Crippen molar-refractivity contribution in [2.24, 2.45) is 0 Å². The number of esters is 1. The molecule has 0 aliphatic heterocycles. The summed E-state index contributed by atoms with van der Waals surface area (Å²) < 4.78 is 4.63. The molecule has 0 aromatic rings. The highest BCUT2D eigenvalue weighted by Crippen LogP contribution is 2.35. The van der Waals surface area contributed by atoms with Gasteiger partial charge in [-0.05, 0) is 13.3 Å². The lowest BCUT2D eigenvalue weighted by Crippen LogP contribution is -2.53. The summed E-state index contributed by atoms with van der Waals surface area (Å²) in [6.07, 6.45) is 1.37. The second kappa shape index (κ2) is 3.08. The van der Waals surface area contributed by atoms with Crippen LogP contribution >= 0.6 is 0 Å². The third-order valence-corrected chi connectivity index (χ3v) is 2.19. The van der Waals surface area contributed by atoms with Gasteiger partial charge >= 0.3 is 11.5 Å². The largest absolute Gasteiger partial charge is 0.461 e. The van der Waals surface area contributed by atoms with E-state index in [1.165, 1.54) is 0 Å². The van der Waals surface area contributed by atoms with Crippen molar-refractivity contribution in [3.8, 4) is 0 Å². The first-order valence-corrected chi connectivity index (χ1v) is 3.95. The first kappa shape index (κ1) is 8.96. The van der Waals surface area contributed by atoms with E-state index < -0.39 is 16.4 Å². The van der Waals surface area contributed by atoms with Crippen LogP contribution in [0, 0.1) is 10.1 Å². The molecule has 0 spiro atoms. The van der Waals surface area contributed by atoms with Gasteiger partial charge < -0.3 is 4.74 Å². The van der Waals surface area contributed by atoms with Crippen LogP contribution in [-0.4, -0.2) is 23.0 Å². The fourth-order valence-electron chi connectivity index (χ4n) is 1.24.